The van der Waals surface area contributed by atoms with Crippen molar-refractivity contribution in [3.63, 3.8) is 0 Å². The molecule has 1 aliphatic carbocycles. The molecule has 7 heteroatoms. The highest BCUT2D eigenvalue weighted by atomic mass is 79.9. The molecule has 3 N–H and O–H groups in total. The fourth-order valence-corrected chi connectivity index (χ4v) is 2.91. The van der Waals surface area contributed by atoms with Crippen LogP contribution in [0.3, 0.4) is 0 Å². The molecule has 2 aromatic rings. The first-order valence-electron chi connectivity index (χ1n) is 6.45. The van der Waals surface area contributed by atoms with Crippen molar-refractivity contribution in [3.8, 4) is 0 Å². The zero-order valence-electron chi connectivity index (χ0n) is 10.8. The Morgan fingerprint density at radius 3 is 2.71 bits per heavy atom. The number of carbonyl (C=O) groups is 2. The summed E-state index contributed by atoms with van der Waals surface area (Å²) in [7, 11) is 0. The molecule has 1 amide bonds. The summed E-state index contributed by atoms with van der Waals surface area (Å²) in [6.45, 7) is 0. The summed E-state index contributed by atoms with van der Waals surface area (Å²) in [6.07, 6.45) is 0.864. The number of hydrogen-bond acceptors (Lipinski definition) is 2. The molecule has 3 rings (SSSR count). The van der Waals surface area contributed by atoms with E-state index < -0.39 is 11.8 Å². The molecule has 1 heterocycles. The second-order valence-electron chi connectivity index (χ2n) is 5.21. The lowest BCUT2D eigenvalue weighted by atomic mass is 9.80. The van der Waals surface area contributed by atoms with Crippen molar-refractivity contribution in [1.29, 1.82) is 0 Å². The minimum absolute atomic E-state index is 0.137. The summed E-state index contributed by atoms with van der Waals surface area (Å²) in [5, 5.41) is 11.9. The van der Waals surface area contributed by atoms with Gasteiger partial charge >= 0.3 is 5.97 Å². The SMILES string of the molecule is O=C(NC1CC(C(=O)O)C1)c1cc2c(F)cc(Br)cc2[nH]1. The number of benzene rings is 1. The molecule has 1 aromatic carbocycles. The van der Waals surface area contributed by atoms with Gasteiger partial charge in [-0.1, -0.05) is 15.9 Å². The lowest BCUT2D eigenvalue weighted by molar-refractivity contribution is -0.145. The van der Waals surface area contributed by atoms with E-state index >= 15 is 0 Å². The zero-order valence-corrected chi connectivity index (χ0v) is 12.4. The first-order chi connectivity index (χ1) is 9.94. The molecule has 0 aliphatic heterocycles. The quantitative estimate of drug-likeness (QED) is 0.792. The topological polar surface area (TPSA) is 82.2 Å². The van der Waals surface area contributed by atoms with Gasteiger partial charge in [-0.15, -0.1) is 0 Å². The van der Waals surface area contributed by atoms with Crippen LogP contribution in [0.15, 0.2) is 22.7 Å². The molecule has 0 unspecified atom stereocenters. The largest absolute Gasteiger partial charge is 0.481 e. The number of aliphatic carboxylic acids is 1. The second-order valence-corrected chi connectivity index (χ2v) is 6.12. The summed E-state index contributed by atoms with van der Waals surface area (Å²) in [6, 6.07) is 4.35. The van der Waals surface area contributed by atoms with Crippen LogP contribution in [-0.4, -0.2) is 28.0 Å². The lowest BCUT2D eigenvalue weighted by Crippen LogP contribution is -2.46. The second kappa shape index (κ2) is 5.14. The summed E-state index contributed by atoms with van der Waals surface area (Å²) < 4.78 is 14.3. The average molecular weight is 355 g/mol. The van der Waals surface area contributed by atoms with Crippen molar-refractivity contribution in [3.05, 3.63) is 34.2 Å². The molecule has 21 heavy (non-hydrogen) atoms. The number of carboxylic acid groups (broad SMARTS) is 1. The highest BCUT2D eigenvalue weighted by Gasteiger charge is 2.35. The predicted octanol–water partition coefficient (Wildman–Crippen LogP) is 2.66. The van der Waals surface area contributed by atoms with Crippen molar-refractivity contribution < 1.29 is 19.1 Å². The van der Waals surface area contributed by atoms with Gasteiger partial charge in [0.1, 0.15) is 11.5 Å². The van der Waals surface area contributed by atoms with Crippen LogP contribution >= 0.6 is 15.9 Å². The molecule has 0 radical (unpaired) electrons. The molecule has 110 valence electrons. The standard InChI is InChI=1S/C14H12BrFN2O3/c15-7-3-10(16)9-5-12(18-11(9)4-7)13(19)17-8-1-6(2-8)14(20)21/h3-6,8,18H,1-2H2,(H,17,19)(H,20,21). The van der Waals surface area contributed by atoms with E-state index in [1.54, 1.807) is 6.07 Å². The molecule has 1 saturated carbocycles. The minimum Gasteiger partial charge on any atom is -0.481 e. The first-order valence-corrected chi connectivity index (χ1v) is 7.25. The number of carboxylic acids is 1. The molecular formula is C14H12BrFN2O3. The third-order valence-corrected chi connectivity index (χ3v) is 4.18. The van der Waals surface area contributed by atoms with Crippen molar-refractivity contribution >= 4 is 38.7 Å². The van der Waals surface area contributed by atoms with Gasteiger partial charge in [0, 0.05) is 15.9 Å². The molecule has 0 saturated heterocycles. The van der Waals surface area contributed by atoms with Gasteiger partial charge in [-0.25, -0.2) is 4.39 Å². The monoisotopic (exact) mass is 354 g/mol. The lowest BCUT2D eigenvalue weighted by Gasteiger charge is -2.32. The van der Waals surface area contributed by atoms with Gasteiger partial charge in [0.25, 0.3) is 5.91 Å². The highest BCUT2D eigenvalue weighted by molar-refractivity contribution is 9.10. The van der Waals surface area contributed by atoms with E-state index in [9.17, 15) is 14.0 Å². The number of halogens is 2. The Bertz CT molecular complexity index is 737. The highest BCUT2D eigenvalue weighted by Crippen LogP contribution is 2.28. The normalized spacial score (nSPS) is 21.0. The molecule has 1 fully saturated rings. The third kappa shape index (κ3) is 2.65. The van der Waals surface area contributed by atoms with Crippen LogP contribution in [-0.2, 0) is 4.79 Å². The van der Waals surface area contributed by atoms with Crippen LogP contribution in [0.1, 0.15) is 23.3 Å². The van der Waals surface area contributed by atoms with Crippen LogP contribution in [0.4, 0.5) is 4.39 Å². The van der Waals surface area contributed by atoms with Gasteiger partial charge in [-0.05, 0) is 31.0 Å². The van der Waals surface area contributed by atoms with Crippen LogP contribution in [0.25, 0.3) is 10.9 Å². The minimum atomic E-state index is -0.835. The van der Waals surface area contributed by atoms with Gasteiger partial charge in [0.15, 0.2) is 0 Å². The summed E-state index contributed by atoms with van der Waals surface area (Å²) in [4.78, 5) is 25.6. The van der Waals surface area contributed by atoms with Gasteiger partial charge in [-0.3, -0.25) is 9.59 Å². The number of aromatic nitrogens is 1. The van der Waals surface area contributed by atoms with Gasteiger partial charge in [0.05, 0.1) is 11.4 Å². The van der Waals surface area contributed by atoms with Crippen LogP contribution < -0.4 is 5.32 Å². The zero-order chi connectivity index (χ0) is 15.1. The number of fused-ring (bicyclic) bond motifs is 1. The Morgan fingerprint density at radius 1 is 1.33 bits per heavy atom. The van der Waals surface area contributed by atoms with Crippen molar-refractivity contribution in [2.75, 3.05) is 0 Å². The van der Waals surface area contributed by atoms with Crippen LogP contribution in [0, 0.1) is 11.7 Å². The van der Waals surface area contributed by atoms with Crippen molar-refractivity contribution in [2.24, 2.45) is 5.92 Å². The molecule has 1 aromatic heterocycles. The smallest absolute Gasteiger partial charge is 0.306 e. The number of nitrogens with one attached hydrogen (secondary N) is 2. The van der Waals surface area contributed by atoms with Crippen LogP contribution in [0.2, 0.25) is 0 Å². The molecule has 1 aliphatic rings. The van der Waals surface area contributed by atoms with E-state index in [4.69, 9.17) is 5.11 Å². The Kier molecular flexibility index (Phi) is 3.44. The predicted molar refractivity (Wildman–Crippen MR) is 77.6 cm³/mol. The van der Waals surface area contributed by atoms with E-state index in [1.165, 1.54) is 12.1 Å². The number of amides is 1. The molecule has 5 nitrogen and oxygen atoms in total. The van der Waals surface area contributed by atoms with Gasteiger partial charge in [0.2, 0.25) is 0 Å². The fourth-order valence-electron chi connectivity index (χ4n) is 2.48. The summed E-state index contributed by atoms with van der Waals surface area (Å²) in [5.41, 5.74) is 0.796. The van der Waals surface area contributed by atoms with E-state index in [2.05, 4.69) is 26.2 Å². The molecular weight excluding hydrogens is 343 g/mol. The number of hydrogen-bond donors (Lipinski definition) is 3. The van der Waals surface area contributed by atoms with Crippen molar-refractivity contribution in [1.82, 2.24) is 10.3 Å². The number of rotatable bonds is 3. The molecule has 0 spiro atoms. The average Bonchev–Trinajstić information content (AvgIpc) is 2.76. The third-order valence-electron chi connectivity index (χ3n) is 3.72. The van der Waals surface area contributed by atoms with Gasteiger partial charge < -0.3 is 15.4 Å². The Morgan fingerprint density at radius 2 is 2.05 bits per heavy atom. The first kappa shape index (κ1) is 14.1. The number of carbonyl (C=O) groups excluding carboxylic acids is 1. The van der Waals surface area contributed by atoms with E-state index in [0.717, 1.165) is 0 Å². The van der Waals surface area contributed by atoms with E-state index in [-0.39, 0.29) is 23.6 Å². The maximum atomic E-state index is 13.8. The maximum Gasteiger partial charge on any atom is 0.306 e. The Hall–Kier alpha value is -1.89. The van der Waals surface area contributed by atoms with E-state index in [1.807, 2.05) is 0 Å². The number of H-pyrrole nitrogens is 1. The summed E-state index contributed by atoms with van der Waals surface area (Å²) in [5.74, 6) is -1.98. The Labute approximate surface area is 127 Å². The van der Waals surface area contributed by atoms with Crippen molar-refractivity contribution in [2.45, 2.75) is 18.9 Å². The summed E-state index contributed by atoms with van der Waals surface area (Å²) >= 11 is 3.19. The molecule has 0 atom stereocenters. The molecule has 0 bridgehead atoms. The maximum absolute atomic E-state index is 13.8. The van der Waals surface area contributed by atoms with E-state index in [0.29, 0.717) is 28.2 Å². The van der Waals surface area contributed by atoms with Crippen LogP contribution in [0.5, 0.6) is 0 Å². The fraction of sp³-hybridized carbons (Fsp3) is 0.286. The number of aromatic amines is 1. The Balaban J connectivity index is 1.74. The van der Waals surface area contributed by atoms with Gasteiger partial charge in [-0.2, -0.15) is 0 Å².